The quantitative estimate of drug-likeness (QED) is 0.670. The molecule has 0 saturated carbocycles. The zero-order valence-corrected chi connectivity index (χ0v) is 15.0. The molecule has 3 rings (SSSR count). The van der Waals surface area contributed by atoms with E-state index < -0.39 is 0 Å². The Morgan fingerprint density at radius 1 is 1.29 bits per heavy atom. The minimum Gasteiger partial charge on any atom is -0.343 e. The summed E-state index contributed by atoms with van der Waals surface area (Å²) in [6.07, 6.45) is 1.28. The van der Waals surface area contributed by atoms with Gasteiger partial charge in [-0.15, -0.1) is 0 Å². The zero-order valence-electron chi connectivity index (χ0n) is 13.4. The number of imidazole rings is 1. The van der Waals surface area contributed by atoms with Crippen molar-refractivity contribution in [3.63, 3.8) is 0 Å². The Balaban J connectivity index is 2.03. The lowest BCUT2D eigenvalue weighted by Gasteiger charge is -2.15. The van der Waals surface area contributed by atoms with Crippen molar-refractivity contribution in [2.45, 2.75) is 19.5 Å². The van der Waals surface area contributed by atoms with Crippen molar-refractivity contribution in [2.75, 3.05) is 0 Å². The molecule has 0 radical (unpaired) electrons. The molecule has 0 bridgehead atoms. The fourth-order valence-corrected chi connectivity index (χ4v) is 2.96. The van der Waals surface area contributed by atoms with Crippen LogP contribution in [-0.2, 0) is 11.3 Å². The van der Waals surface area contributed by atoms with Gasteiger partial charge in [-0.1, -0.05) is 46.8 Å². The maximum Gasteiger partial charge on any atom is 0.243 e. The first-order valence-corrected chi connectivity index (χ1v) is 8.50. The van der Waals surface area contributed by atoms with Crippen LogP contribution >= 0.6 is 15.9 Å². The molecule has 4 nitrogen and oxygen atoms in total. The lowest BCUT2D eigenvalue weighted by Crippen LogP contribution is -2.27. The summed E-state index contributed by atoms with van der Waals surface area (Å²) in [7, 11) is 0. The van der Waals surface area contributed by atoms with Crippen molar-refractivity contribution in [3.05, 3.63) is 77.0 Å². The number of nitrogens with zero attached hydrogens (tertiary/aromatic N) is 2. The minimum absolute atomic E-state index is 0.204. The van der Waals surface area contributed by atoms with E-state index >= 15 is 0 Å². The van der Waals surface area contributed by atoms with Gasteiger partial charge in [-0.2, -0.15) is 0 Å². The van der Waals surface area contributed by atoms with Crippen LogP contribution in [0.3, 0.4) is 0 Å². The van der Waals surface area contributed by atoms with Gasteiger partial charge >= 0.3 is 0 Å². The third kappa shape index (κ3) is 3.41. The van der Waals surface area contributed by atoms with Crippen LogP contribution < -0.4 is 5.32 Å². The van der Waals surface area contributed by atoms with Crippen LogP contribution in [0, 0.1) is 0 Å². The molecular formula is C19H18BrN3O. The minimum atomic E-state index is -0.210. The molecule has 0 aliphatic heterocycles. The number of benzene rings is 2. The molecule has 5 heteroatoms. The summed E-state index contributed by atoms with van der Waals surface area (Å²) in [5, 5.41) is 2.89. The van der Waals surface area contributed by atoms with Gasteiger partial charge in [0, 0.05) is 11.0 Å². The standard InChI is InChI=1S/C19H18BrN3O/c1-3-18(24)21-13(2)19-22-16-6-4-5-7-17(16)23(19)12-14-8-10-15(20)11-9-14/h3-11,13H,1,12H2,2H3,(H,21,24). The first kappa shape index (κ1) is 16.5. The molecule has 3 aromatic rings. The van der Waals surface area contributed by atoms with Gasteiger partial charge in [0.15, 0.2) is 0 Å². The molecule has 0 aliphatic rings. The van der Waals surface area contributed by atoms with E-state index in [1.165, 1.54) is 11.6 Å². The van der Waals surface area contributed by atoms with Crippen LogP contribution in [0.2, 0.25) is 0 Å². The van der Waals surface area contributed by atoms with Crippen LogP contribution in [0.25, 0.3) is 11.0 Å². The van der Waals surface area contributed by atoms with Crippen LogP contribution in [-0.4, -0.2) is 15.5 Å². The van der Waals surface area contributed by atoms with Gasteiger partial charge in [-0.05, 0) is 42.8 Å². The first-order valence-electron chi connectivity index (χ1n) is 7.71. The third-order valence-electron chi connectivity index (χ3n) is 3.87. The Labute approximate surface area is 149 Å². The van der Waals surface area contributed by atoms with Gasteiger partial charge < -0.3 is 9.88 Å². The molecule has 0 saturated heterocycles. The Hall–Kier alpha value is -2.40. The third-order valence-corrected chi connectivity index (χ3v) is 4.40. The monoisotopic (exact) mass is 383 g/mol. The normalized spacial score (nSPS) is 12.1. The number of hydrogen-bond acceptors (Lipinski definition) is 2. The predicted octanol–water partition coefficient (Wildman–Crippen LogP) is 4.21. The van der Waals surface area contributed by atoms with Crippen LogP contribution in [0.5, 0.6) is 0 Å². The zero-order chi connectivity index (χ0) is 17.1. The summed E-state index contributed by atoms with van der Waals surface area (Å²) in [6.45, 7) is 6.13. The van der Waals surface area contributed by atoms with E-state index in [4.69, 9.17) is 4.98 Å². The molecule has 1 heterocycles. The second-order valence-electron chi connectivity index (χ2n) is 5.61. The highest BCUT2D eigenvalue weighted by Crippen LogP contribution is 2.23. The number of carbonyl (C=O) groups is 1. The molecule has 1 aromatic heterocycles. The number of rotatable bonds is 5. The van der Waals surface area contributed by atoms with E-state index in [0.29, 0.717) is 6.54 Å². The average molecular weight is 384 g/mol. The molecule has 1 unspecified atom stereocenters. The van der Waals surface area contributed by atoms with Gasteiger partial charge in [0.2, 0.25) is 5.91 Å². The van der Waals surface area contributed by atoms with Crippen LogP contribution in [0.1, 0.15) is 24.4 Å². The molecule has 1 amide bonds. The molecule has 1 atom stereocenters. The van der Waals surface area contributed by atoms with Gasteiger partial charge in [-0.3, -0.25) is 4.79 Å². The second kappa shape index (κ2) is 7.01. The highest BCUT2D eigenvalue weighted by molar-refractivity contribution is 9.10. The highest BCUT2D eigenvalue weighted by Gasteiger charge is 2.17. The van der Waals surface area contributed by atoms with E-state index in [0.717, 1.165) is 21.3 Å². The number of halogens is 1. The summed E-state index contributed by atoms with van der Waals surface area (Å²) < 4.78 is 3.20. The summed E-state index contributed by atoms with van der Waals surface area (Å²) in [5.41, 5.74) is 3.14. The number of nitrogens with one attached hydrogen (secondary N) is 1. The Morgan fingerprint density at radius 2 is 2.00 bits per heavy atom. The molecule has 122 valence electrons. The molecular weight excluding hydrogens is 366 g/mol. The molecule has 24 heavy (non-hydrogen) atoms. The van der Waals surface area contributed by atoms with Gasteiger partial charge in [0.05, 0.1) is 17.1 Å². The summed E-state index contributed by atoms with van der Waals surface area (Å²) in [6, 6.07) is 16.0. The molecule has 2 aromatic carbocycles. The fraction of sp³-hybridized carbons (Fsp3) is 0.158. The van der Waals surface area contributed by atoms with E-state index in [-0.39, 0.29) is 11.9 Å². The lowest BCUT2D eigenvalue weighted by molar-refractivity contribution is -0.117. The van der Waals surface area contributed by atoms with E-state index in [2.05, 4.69) is 44.5 Å². The molecule has 0 fully saturated rings. The van der Waals surface area contributed by atoms with Gasteiger partial charge in [0.1, 0.15) is 5.82 Å². The maximum absolute atomic E-state index is 11.6. The number of fused-ring (bicyclic) bond motifs is 1. The van der Waals surface area contributed by atoms with E-state index in [1.54, 1.807) is 0 Å². The van der Waals surface area contributed by atoms with Crippen LogP contribution in [0.4, 0.5) is 0 Å². The average Bonchev–Trinajstić information content (AvgIpc) is 2.95. The number of hydrogen-bond donors (Lipinski definition) is 1. The Bertz CT molecular complexity index is 883. The van der Waals surface area contributed by atoms with E-state index in [1.807, 2.05) is 43.3 Å². The second-order valence-corrected chi connectivity index (χ2v) is 6.52. The Kier molecular flexibility index (Phi) is 4.81. The van der Waals surface area contributed by atoms with Crippen molar-refractivity contribution in [1.82, 2.24) is 14.9 Å². The number of carbonyl (C=O) groups excluding carboxylic acids is 1. The summed E-state index contributed by atoms with van der Waals surface area (Å²) in [4.78, 5) is 16.4. The number of para-hydroxylation sites is 2. The van der Waals surface area contributed by atoms with Crippen LogP contribution in [0.15, 0.2) is 65.7 Å². The molecule has 1 N–H and O–H groups in total. The molecule has 0 spiro atoms. The molecule has 0 aliphatic carbocycles. The highest BCUT2D eigenvalue weighted by atomic mass is 79.9. The topological polar surface area (TPSA) is 46.9 Å². The SMILES string of the molecule is C=CC(=O)NC(C)c1nc2ccccc2n1Cc1ccc(Br)cc1. The van der Waals surface area contributed by atoms with E-state index in [9.17, 15) is 4.79 Å². The predicted molar refractivity (Wildman–Crippen MR) is 99.7 cm³/mol. The Morgan fingerprint density at radius 3 is 2.71 bits per heavy atom. The summed E-state index contributed by atoms with van der Waals surface area (Å²) in [5.74, 6) is 0.624. The van der Waals surface area contributed by atoms with Crippen molar-refractivity contribution >= 4 is 32.9 Å². The lowest BCUT2D eigenvalue weighted by atomic mass is 10.2. The first-order chi connectivity index (χ1) is 11.6. The van der Waals surface area contributed by atoms with Crippen molar-refractivity contribution < 1.29 is 4.79 Å². The largest absolute Gasteiger partial charge is 0.343 e. The van der Waals surface area contributed by atoms with Gasteiger partial charge in [-0.25, -0.2) is 4.98 Å². The fourth-order valence-electron chi connectivity index (χ4n) is 2.70. The maximum atomic E-state index is 11.6. The van der Waals surface area contributed by atoms with Gasteiger partial charge in [0.25, 0.3) is 0 Å². The number of amides is 1. The van der Waals surface area contributed by atoms with Crippen molar-refractivity contribution in [2.24, 2.45) is 0 Å². The number of aromatic nitrogens is 2. The smallest absolute Gasteiger partial charge is 0.243 e. The van der Waals surface area contributed by atoms with Crippen molar-refractivity contribution in [3.8, 4) is 0 Å². The summed E-state index contributed by atoms with van der Waals surface area (Å²) >= 11 is 3.46. The van der Waals surface area contributed by atoms with Crippen molar-refractivity contribution in [1.29, 1.82) is 0 Å².